The molecule has 2 aromatic heterocycles. The molecule has 7 nitrogen and oxygen atoms in total. The Morgan fingerprint density at radius 3 is 2.86 bits per heavy atom. The molecule has 0 saturated carbocycles. The van der Waals surface area contributed by atoms with Crippen LogP contribution in [0, 0.1) is 0 Å². The fraction of sp³-hybridized carbons (Fsp3) is 0.429. The van der Waals surface area contributed by atoms with Crippen molar-refractivity contribution >= 4 is 10.0 Å². The fourth-order valence-corrected chi connectivity index (χ4v) is 4.16. The van der Waals surface area contributed by atoms with Crippen LogP contribution in [0.15, 0.2) is 41.8 Å². The molecule has 0 bridgehead atoms. The average molecular weight is 321 g/mol. The molecule has 3 rings (SSSR count). The van der Waals surface area contributed by atoms with Crippen LogP contribution >= 0.6 is 0 Å². The van der Waals surface area contributed by atoms with Crippen LogP contribution in [0.4, 0.5) is 0 Å². The Morgan fingerprint density at radius 2 is 2.23 bits per heavy atom. The number of imidazole rings is 1. The minimum absolute atomic E-state index is 0.0554. The van der Waals surface area contributed by atoms with Crippen molar-refractivity contribution in [2.45, 2.75) is 17.9 Å². The molecule has 118 valence electrons. The molecule has 0 radical (unpaired) electrons. The molecule has 0 aromatic carbocycles. The predicted octanol–water partition coefficient (Wildman–Crippen LogP) is 0.872. The maximum Gasteiger partial charge on any atom is 0.244 e. The van der Waals surface area contributed by atoms with E-state index in [0.29, 0.717) is 19.6 Å². The number of likely N-dealkylation sites (N-methyl/N-ethyl adjacent to an activating group) is 1. The number of aromatic amines is 1. The van der Waals surface area contributed by atoms with Gasteiger partial charge in [-0.05, 0) is 18.7 Å². The van der Waals surface area contributed by atoms with Crippen molar-refractivity contribution in [2.24, 2.45) is 0 Å². The van der Waals surface area contributed by atoms with E-state index in [2.05, 4.69) is 26.8 Å². The Hall–Kier alpha value is -1.77. The van der Waals surface area contributed by atoms with Crippen molar-refractivity contribution in [3.05, 3.63) is 42.7 Å². The third kappa shape index (κ3) is 2.77. The Bertz CT molecular complexity index is 702. The maximum absolute atomic E-state index is 12.7. The Kier molecular flexibility index (Phi) is 4.23. The summed E-state index contributed by atoms with van der Waals surface area (Å²) in [4.78, 5) is 13.8. The molecule has 1 aliphatic heterocycles. The number of hydrogen-bond acceptors (Lipinski definition) is 5. The summed E-state index contributed by atoms with van der Waals surface area (Å²) in [7, 11) is -3.52. The van der Waals surface area contributed by atoms with Crippen LogP contribution in [-0.2, 0) is 10.0 Å². The van der Waals surface area contributed by atoms with E-state index in [1.165, 1.54) is 10.5 Å². The summed E-state index contributed by atoms with van der Waals surface area (Å²) in [6.45, 7) is 4.47. The van der Waals surface area contributed by atoms with Gasteiger partial charge in [-0.1, -0.05) is 6.92 Å². The molecule has 1 N–H and O–H groups in total. The summed E-state index contributed by atoms with van der Waals surface area (Å²) in [5.41, 5.74) is 0. The van der Waals surface area contributed by atoms with E-state index >= 15 is 0 Å². The number of pyridine rings is 1. The van der Waals surface area contributed by atoms with Crippen LogP contribution < -0.4 is 0 Å². The smallest absolute Gasteiger partial charge is 0.244 e. The largest absolute Gasteiger partial charge is 0.347 e. The minimum atomic E-state index is -3.52. The number of rotatable bonds is 4. The molecular weight excluding hydrogens is 302 g/mol. The number of nitrogens with zero attached hydrogens (tertiary/aromatic N) is 4. The zero-order chi connectivity index (χ0) is 15.6. The van der Waals surface area contributed by atoms with Gasteiger partial charge >= 0.3 is 0 Å². The molecule has 1 saturated heterocycles. The SMILES string of the molecule is CCN1CCN(S(=O)(=O)c2cccnc2)C[C@@H]1c1ncc[nH]1. The van der Waals surface area contributed by atoms with Gasteiger partial charge in [-0.25, -0.2) is 13.4 Å². The zero-order valence-electron chi connectivity index (χ0n) is 12.4. The van der Waals surface area contributed by atoms with Crippen molar-refractivity contribution in [1.82, 2.24) is 24.2 Å². The Balaban J connectivity index is 1.87. The van der Waals surface area contributed by atoms with E-state index in [1.807, 2.05) is 0 Å². The number of sulfonamides is 1. The number of nitrogens with one attached hydrogen (secondary N) is 1. The lowest BCUT2D eigenvalue weighted by Gasteiger charge is -2.39. The number of aromatic nitrogens is 3. The predicted molar refractivity (Wildman–Crippen MR) is 81.6 cm³/mol. The van der Waals surface area contributed by atoms with E-state index < -0.39 is 10.0 Å². The van der Waals surface area contributed by atoms with Gasteiger partial charge in [-0.2, -0.15) is 4.31 Å². The van der Waals surface area contributed by atoms with Gasteiger partial charge in [0.2, 0.25) is 10.0 Å². The van der Waals surface area contributed by atoms with E-state index in [1.54, 1.807) is 30.7 Å². The van der Waals surface area contributed by atoms with Gasteiger partial charge in [0.1, 0.15) is 10.7 Å². The fourth-order valence-electron chi connectivity index (χ4n) is 2.76. The van der Waals surface area contributed by atoms with Gasteiger partial charge in [0.15, 0.2) is 0 Å². The molecule has 1 atom stereocenters. The Morgan fingerprint density at radius 1 is 1.36 bits per heavy atom. The molecule has 0 amide bonds. The van der Waals surface area contributed by atoms with Crippen LogP contribution in [0.2, 0.25) is 0 Å². The second kappa shape index (κ2) is 6.15. The van der Waals surface area contributed by atoms with Crippen molar-refractivity contribution in [1.29, 1.82) is 0 Å². The highest BCUT2D eigenvalue weighted by Gasteiger charge is 2.35. The zero-order valence-corrected chi connectivity index (χ0v) is 13.2. The van der Waals surface area contributed by atoms with E-state index in [4.69, 9.17) is 0 Å². The quantitative estimate of drug-likeness (QED) is 0.903. The topological polar surface area (TPSA) is 82.2 Å². The minimum Gasteiger partial charge on any atom is -0.347 e. The summed E-state index contributed by atoms with van der Waals surface area (Å²) in [5.74, 6) is 0.799. The second-order valence-electron chi connectivity index (χ2n) is 5.17. The lowest BCUT2D eigenvalue weighted by Crippen LogP contribution is -2.50. The average Bonchev–Trinajstić information content (AvgIpc) is 3.09. The molecule has 0 unspecified atom stereocenters. The Labute approximate surface area is 130 Å². The van der Waals surface area contributed by atoms with E-state index in [-0.39, 0.29) is 10.9 Å². The molecule has 3 heterocycles. The van der Waals surface area contributed by atoms with Crippen LogP contribution in [0.5, 0.6) is 0 Å². The summed E-state index contributed by atoms with van der Waals surface area (Å²) >= 11 is 0. The first-order chi connectivity index (χ1) is 10.6. The van der Waals surface area contributed by atoms with Gasteiger partial charge in [0, 0.05) is 44.4 Å². The number of H-pyrrole nitrogens is 1. The van der Waals surface area contributed by atoms with Gasteiger partial charge in [-0.15, -0.1) is 0 Å². The molecule has 1 aliphatic rings. The lowest BCUT2D eigenvalue weighted by molar-refractivity contribution is 0.119. The maximum atomic E-state index is 12.7. The first kappa shape index (κ1) is 15.1. The second-order valence-corrected chi connectivity index (χ2v) is 7.11. The highest BCUT2D eigenvalue weighted by Crippen LogP contribution is 2.26. The van der Waals surface area contributed by atoms with Gasteiger partial charge in [-0.3, -0.25) is 9.88 Å². The van der Waals surface area contributed by atoms with Crippen molar-refractivity contribution < 1.29 is 8.42 Å². The normalized spacial score (nSPS) is 21.0. The van der Waals surface area contributed by atoms with Crippen LogP contribution in [-0.4, -0.2) is 58.8 Å². The van der Waals surface area contributed by atoms with E-state index in [9.17, 15) is 8.42 Å². The van der Waals surface area contributed by atoms with Crippen molar-refractivity contribution in [3.63, 3.8) is 0 Å². The van der Waals surface area contributed by atoms with Crippen LogP contribution in [0.25, 0.3) is 0 Å². The molecule has 22 heavy (non-hydrogen) atoms. The van der Waals surface area contributed by atoms with Crippen LogP contribution in [0.1, 0.15) is 18.8 Å². The first-order valence-corrected chi connectivity index (χ1v) is 8.70. The standard InChI is InChI=1S/C14H19N5O2S/c1-2-18-8-9-19(11-13(18)14-16-6-7-17-14)22(20,21)12-4-3-5-15-10-12/h3-7,10,13H,2,8-9,11H2,1H3,(H,16,17)/t13-/m1/s1. The summed E-state index contributed by atoms with van der Waals surface area (Å²) in [5, 5.41) is 0. The summed E-state index contributed by atoms with van der Waals surface area (Å²) in [6, 6.07) is 3.16. The van der Waals surface area contributed by atoms with E-state index in [0.717, 1.165) is 12.4 Å². The van der Waals surface area contributed by atoms with Crippen molar-refractivity contribution in [3.8, 4) is 0 Å². The molecule has 2 aromatic rings. The molecular formula is C14H19N5O2S. The summed E-state index contributed by atoms with van der Waals surface area (Å²) < 4.78 is 27.0. The highest BCUT2D eigenvalue weighted by molar-refractivity contribution is 7.89. The first-order valence-electron chi connectivity index (χ1n) is 7.26. The summed E-state index contributed by atoms with van der Waals surface area (Å²) in [6.07, 6.45) is 6.42. The molecule has 8 heteroatoms. The lowest BCUT2D eigenvalue weighted by atomic mass is 10.2. The molecule has 0 aliphatic carbocycles. The monoisotopic (exact) mass is 321 g/mol. The molecule has 1 fully saturated rings. The third-order valence-electron chi connectivity index (χ3n) is 3.97. The molecule has 0 spiro atoms. The van der Waals surface area contributed by atoms with Crippen LogP contribution in [0.3, 0.4) is 0 Å². The number of piperazine rings is 1. The van der Waals surface area contributed by atoms with Crippen molar-refractivity contribution in [2.75, 3.05) is 26.2 Å². The van der Waals surface area contributed by atoms with Gasteiger partial charge in [0.05, 0.1) is 6.04 Å². The number of hydrogen-bond donors (Lipinski definition) is 1. The highest BCUT2D eigenvalue weighted by atomic mass is 32.2. The van der Waals surface area contributed by atoms with Gasteiger partial charge in [0.25, 0.3) is 0 Å². The van der Waals surface area contributed by atoms with Gasteiger partial charge < -0.3 is 4.98 Å². The third-order valence-corrected chi connectivity index (χ3v) is 5.82.